The first-order chi connectivity index (χ1) is 13.5. The molecule has 1 aromatic carbocycles. The normalized spacial score (nSPS) is 19.6. The number of aryl methyl sites for hydroxylation is 2. The van der Waals surface area contributed by atoms with Crippen LogP contribution in [0.3, 0.4) is 0 Å². The van der Waals surface area contributed by atoms with Crippen LogP contribution in [0.1, 0.15) is 29.3 Å². The molecule has 144 valence electrons. The molecular weight excluding hydrogens is 372 g/mol. The third-order valence-corrected chi connectivity index (χ3v) is 5.99. The van der Waals surface area contributed by atoms with E-state index in [4.69, 9.17) is 0 Å². The van der Waals surface area contributed by atoms with Gasteiger partial charge in [0.2, 0.25) is 11.8 Å². The molecule has 4 rings (SSSR count). The maximum atomic E-state index is 13.1. The fourth-order valence-corrected chi connectivity index (χ4v) is 4.54. The van der Waals surface area contributed by atoms with Crippen LogP contribution in [0.4, 0.5) is 11.5 Å². The van der Waals surface area contributed by atoms with Crippen LogP contribution in [0.25, 0.3) is 0 Å². The quantitative estimate of drug-likeness (QED) is 0.729. The number of hydrogen-bond donors (Lipinski definition) is 1. The third-order valence-electron chi connectivity index (χ3n) is 5.05. The summed E-state index contributed by atoms with van der Waals surface area (Å²) in [6.45, 7) is 2.02. The van der Waals surface area contributed by atoms with Crippen molar-refractivity contribution in [2.24, 2.45) is 13.0 Å². The third kappa shape index (κ3) is 3.57. The van der Waals surface area contributed by atoms with Gasteiger partial charge < -0.3 is 10.2 Å². The summed E-state index contributed by atoms with van der Waals surface area (Å²) in [4.78, 5) is 28.8. The number of thiophene rings is 1. The van der Waals surface area contributed by atoms with Gasteiger partial charge in [0, 0.05) is 36.3 Å². The lowest BCUT2D eigenvalue weighted by Gasteiger charge is -2.40. The molecule has 1 fully saturated rings. The molecule has 1 saturated heterocycles. The molecule has 1 aliphatic rings. The summed E-state index contributed by atoms with van der Waals surface area (Å²) >= 11 is 1.57. The van der Waals surface area contributed by atoms with Crippen molar-refractivity contribution in [3.05, 3.63) is 64.5 Å². The predicted octanol–water partition coefficient (Wildman–Crippen LogP) is 3.91. The molecular formula is C21H22N4O2S. The van der Waals surface area contributed by atoms with Crippen LogP contribution in [0.15, 0.2) is 54.0 Å². The predicted molar refractivity (Wildman–Crippen MR) is 110 cm³/mol. The average molecular weight is 395 g/mol. The van der Waals surface area contributed by atoms with Gasteiger partial charge in [-0.1, -0.05) is 23.8 Å². The Morgan fingerprint density at radius 2 is 2.00 bits per heavy atom. The molecule has 0 spiro atoms. The molecule has 0 bridgehead atoms. The second-order valence-corrected chi connectivity index (χ2v) is 8.05. The molecule has 2 unspecified atom stereocenters. The van der Waals surface area contributed by atoms with Crippen molar-refractivity contribution in [1.29, 1.82) is 0 Å². The Morgan fingerprint density at radius 1 is 1.21 bits per heavy atom. The minimum Gasteiger partial charge on any atom is -0.309 e. The van der Waals surface area contributed by atoms with E-state index in [1.165, 1.54) is 0 Å². The van der Waals surface area contributed by atoms with Gasteiger partial charge in [0.15, 0.2) is 5.82 Å². The average Bonchev–Trinajstić information content (AvgIpc) is 3.34. The molecule has 3 aromatic rings. The minimum atomic E-state index is -0.348. The largest absolute Gasteiger partial charge is 0.309 e. The highest BCUT2D eigenvalue weighted by Gasteiger charge is 2.42. The van der Waals surface area contributed by atoms with Crippen LogP contribution in [-0.2, 0) is 16.6 Å². The van der Waals surface area contributed by atoms with Crippen LogP contribution in [-0.4, -0.2) is 21.6 Å². The first-order valence-electron chi connectivity index (χ1n) is 9.25. The number of hydrogen-bond acceptors (Lipinski definition) is 4. The number of carbonyl (C=O) groups is 2. The smallest absolute Gasteiger partial charge is 0.231 e. The van der Waals surface area contributed by atoms with E-state index in [1.54, 1.807) is 33.2 Å². The van der Waals surface area contributed by atoms with E-state index < -0.39 is 0 Å². The van der Waals surface area contributed by atoms with E-state index in [1.807, 2.05) is 55.7 Å². The zero-order chi connectivity index (χ0) is 19.7. The van der Waals surface area contributed by atoms with Crippen molar-refractivity contribution in [1.82, 2.24) is 9.78 Å². The van der Waals surface area contributed by atoms with E-state index >= 15 is 0 Å². The molecule has 2 aromatic heterocycles. The van der Waals surface area contributed by atoms with Crippen molar-refractivity contribution < 1.29 is 9.59 Å². The first kappa shape index (κ1) is 18.4. The summed E-state index contributed by atoms with van der Waals surface area (Å²) in [5.74, 6) is 0.113. The molecule has 0 aliphatic carbocycles. The number of piperidine rings is 1. The topological polar surface area (TPSA) is 67.2 Å². The molecule has 2 atom stereocenters. The van der Waals surface area contributed by atoms with E-state index in [9.17, 15) is 9.59 Å². The first-order valence-corrected chi connectivity index (χ1v) is 10.1. The van der Waals surface area contributed by atoms with Gasteiger partial charge in [0.1, 0.15) is 0 Å². The van der Waals surface area contributed by atoms with Crippen LogP contribution in [0.5, 0.6) is 0 Å². The van der Waals surface area contributed by atoms with E-state index in [0.717, 1.165) is 16.1 Å². The summed E-state index contributed by atoms with van der Waals surface area (Å²) in [6, 6.07) is 13.3. The molecule has 3 heterocycles. The number of aromatic nitrogens is 2. The van der Waals surface area contributed by atoms with Gasteiger partial charge in [-0.15, -0.1) is 11.3 Å². The van der Waals surface area contributed by atoms with Crippen molar-refractivity contribution in [3.8, 4) is 0 Å². The summed E-state index contributed by atoms with van der Waals surface area (Å²) in [5, 5.41) is 9.14. The number of anilines is 2. The molecule has 2 amide bonds. The van der Waals surface area contributed by atoms with Crippen molar-refractivity contribution in [2.75, 3.05) is 10.2 Å². The van der Waals surface area contributed by atoms with E-state index in [0.29, 0.717) is 18.7 Å². The summed E-state index contributed by atoms with van der Waals surface area (Å²) in [5.41, 5.74) is 1.95. The zero-order valence-corrected chi connectivity index (χ0v) is 16.6. The second kappa shape index (κ2) is 7.59. The molecule has 7 heteroatoms. The molecule has 6 nitrogen and oxygen atoms in total. The molecule has 0 radical (unpaired) electrons. The Hall–Kier alpha value is -2.93. The van der Waals surface area contributed by atoms with Crippen molar-refractivity contribution in [3.63, 3.8) is 0 Å². The Bertz CT molecular complexity index is 978. The second-order valence-electron chi connectivity index (χ2n) is 7.07. The summed E-state index contributed by atoms with van der Waals surface area (Å²) < 4.78 is 1.65. The fraction of sp³-hybridized carbons (Fsp3) is 0.286. The van der Waals surface area contributed by atoms with Crippen molar-refractivity contribution in [2.45, 2.75) is 25.8 Å². The van der Waals surface area contributed by atoms with Crippen LogP contribution < -0.4 is 10.2 Å². The molecule has 1 aliphatic heterocycles. The highest BCUT2D eigenvalue weighted by atomic mass is 32.1. The number of rotatable bonds is 4. The van der Waals surface area contributed by atoms with Crippen molar-refractivity contribution >= 4 is 34.7 Å². The van der Waals surface area contributed by atoms with Crippen LogP contribution in [0, 0.1) is 12.8 Å². The Morgan fingerprint density at radius 3 is 2.64 bits per heavy atom. The maximum absolute atomic E-state index is 13.1. The molecule has 1 N–H and O–H groups in total. The summed E-state index contributed by atoms with van der Waals surface area (Å²) in [6.07, 6.45) is 2.65. The lowest BCUT2D eigenvalue weighted by Crippen LogP contribution is -2.46. The van der Waals surface area contributed by atoms with E-state index in [-0.39, 0.29) is 23.8 Å². The number of nitrogens with one attached hydrogen (secondary N) is 1. The van der Waals surface area contributed by atoms with E-state index in [2.05, 4.69) is 10.4 Å². The van der Waals surface area contributed by atoms with Gasteiger partial charge in [0.25, 0.3) is 0 Å². The highest BCUT2D eigenvalue weighted by Crippen LogP contribution is 2.42. The maximum Gasteiger partial charge on any atom is 0.231 e. The Labute approximate surface area is 167 Å². The van der Waals surface area contributed by atoms with Crippen LogP contribution in [0.2, 0.25) is 0 Å². The number of nitrogens with zero attached hydrogens (tertiary/aromatic N) is 3. The minimum absolute atomic E-state index is 0.0455. The fourth-order valence-electron chi connectivity index (χ4n) is 3.66. The van der Waals surface area contributed by atoms with Gasteiger partial charge in [0.05, 0.1) is 12.0 Å². The van der Waals surface area contributed by atoms with Gasteiger partial charge >= 0.3 is 0 Å². The standard InChI is InChI=1S/C21H22N4O2S/c1-14-5-7-15(8-6-14)25-19(26)10-9-16(20(25)17-4-3-13-28-17)21(27)22-18-11-12-24(2)23-18/h3-8,11-13,16,20H,9-10H2,1-2H3,(H,22,23,27). The Balaban J connectivity index is 1.70. The van der Waals surface area contributed by atoms with Gasteiger partial charge in [-0.05, 0) is 36.9 Å². The van der Waals surface area contributed by atoms with Gasteiger partial charge in [-0.3, -0.25) is 14.3 Å². The lowest BCUT2D eigenvalue weighted by atomic mass is 9.86. The SMILES string of the molecule is Cc1ccc(N2C(=O)CCC(C(=O)Nc3ccn(C)n3)C2c2cccs2)cc1. The van der Waals surface area contributed by atoms with Gasteiger partial charge in [-0.2, -0.15) is 5.10 Å². The highest BCUT2D eigenvalue weighted by molar-refractivity contribution is 7.10. The number of amides is 2. The number of benzene rings is 1. The van der Waals surface area contributed by atoms with Gasteiger partial charge in [-0.25, -0.2) is 0 Å². The monoisotopic (exact) mass is 394 g/mol. The molecule has 28 heavy (non-hydrogen) atoms. The van der Waals surface area contributed by atoms with Crippen LogP contribution >= 0.6 is 11.3 Å². The lowest BCUT2D eigenvalue weighted by molar-refractivity contribution is -0.125. The number of carbonyl (C=O) groups excluding carboxylic acids is 2. The Kier molecular flexibility index (Phi) is 5.00. The zero-order valence-electron chi connectivity index (χ0n) is 15.8. The molecule has 0 saturated carbocycles. The summed E-state index contributed by atoms with van der Waals surface area (Å²) in [7, 11) is 1.81.